The summed E-state index contributed by atoms with van der Waals surface area (Å²) < 4.78 is 5.25. The van der Waals surface area contributed by atoms with E-state index in [9.17, 15) is 9.59 Å². The molecule has 2 rings (SSSR count). The van der Waals surface area contributed by atoms with Crippen LogP contribution in [0, 0.1) is 0 Å². The van der Waals surface area contributed by atoms with Gasteiger partial charge in [0.05, 0.1) is 12.5 Å². The van der Waals surface area contributed by atoms with Gasteiger partial charge in [-0.3, -0.25) is 14.5 Å². The van der Waals surface area contributed by atoms with Crippen molar-refractivity contribution in [1.29, 1.82) is 0 Å². The molecule has 0 spiro atoms. The number of nitrogens with one attached hydrogen (secondary N) is 1. The average molecular weight is 268 g/mol. The number of nitrogens with zero attached hydrogens (tertiary/aromatic N) is 1. The number of imide groups is 1. The van der Waals surface area contributed by atoms with Crippen LogP contribution in [-0.2, 0) is 14.3 Å². The molecule has 5 nitrogen and oxygen atoms in total. The van der Waals surface area contributed by atoms with E-state index < -0.39 is 0 Å². The molecule has 5 heteroatoms. The van der Waals surface area contributed by atoms with Crippen molar-refractivity contribution in [3.05, 3.63) is 0 Å². The van der Waals surface area contributed by atoms with Gasteiger partial charge in [-0.05, 0) is 32.7 Å². The third-order valence-electron chi connectivity index (χ3n) is 3.93. The topological polar surface area (TPSA) is 58.6 Å². The number of rotatable bonds is 7. The van der Waals surface area contributed by atoms with E-state index in [0.29, 0.717) is 13.0 Å². The lowest BCUT2D eigenvalue weighted by atomic mass is 10.2. The summed E-state index contributed by atoms with van der Waals surface area (Å²) in [6, 6.07) is -0.148. The Balaban J connectivity index is 1.77. The maximum atomic E-state index is 12.2. The van der Waals surface area contributed by atoms with Crippen molar-refractivity contribution < 1.29 is 14.3 Å². The first kappa shape index (κ1) is 14.5. The molecule has 0 aromatic heterocycles. The molecule has 0 aromatic carbocycles. The van der Waals surface area contributed by atoms with Crippen LogP contribution in [0.15, 0.2) is 0 Å². The molecule has 2 aliphatic rings. The molecule has 1 atom stereocenters. The van der Waals surface area contributed by atoms with Crippen molar-refractivity contribution in [3.8, 4) is 0 Å². The Morgan fingerprint density at radius 2 is 2.05 bits per heavy atom. The van der Waals surface area contributed by atoms with E-state index in [0.717, 1.165) is 45.3 Å². The molecule has 0 aromatic rings. The Labute approximate surface area is 114 Å². The van der Waals surface area contributed by atoms with Crippen LogP contribution in [0.3, 0.4) is 0 Å². The fourth-order valence-corrected chi connectivity index (χ4v) is 2.95. The van der Waals surface area contributed by atoms with Gasteiger partial charge in [-0.1, -0.05) is 12.8 Å². The van der Waals surface area contributed by atoms with Crippen molar-refractivity contribution in [2.75, 3.05) is 19.8 Å². The molecule has 2 amide bonds. The van der Waals surface area contributed by atoms with Crippen molar-refractivity contribution in [3.63, 3.8) is 0 Å². The van der Waals surface area contributed by atoms with Gasteiger partial charge in [0.15, 0.2) is 0 Å². The minimum atomic E-state index is -0.310. The normalized spacial score (nSPS) is 24.7. The number of likely N-dealkylation sites (tertiary alicyclic amines) is 1. The first-order chi connectivity index (χ1) is 9.24. The molecule has 0 radical (unpaired) electrons. The van der Waals surface area contributed by atoms with Crippen LogP contribution in [0.2, 0.25) is 0 Å². The Bertz CT molecular complexity index is 327. The van der Waals surface area contributed by atoms with Crippen molar-refractivity contribution in [2.24, 2.45) is 0 Å². The molecule has 0 bridgehead atoms. The summed E-state index contributed by atoms with van der Waals surface area (Å²) in [6.45, 7) is 4.11. The lowest BCUT2D eigenvalue weighted by Crippen LogP contribution is -2.43. The second-order valence-electron chi connectivity index (χ2n) is 5.30. The molecule has 1 unspecified atom stereocenters. The first-order valence-electron chi connectivity index (χ1n) is 7.41. The molecule has 1 aliphatic carbocycles. The zero-order chi connectivity index (χ0) is 13.7. The van der Waals surface area contributed by atoms with Crippen LogP contribution in [0.5, 0.6) is 0 Å². The van der Waals surface area contributed by atoms with Crippen LogP contribution in [0.1, 0.15) is 45.4 Å². The van der Waals surface area contributed by atoms with Crippen molar-refractivity contribution >= 4 is 11.8 Å². The van der Waals surface area contributed by atoms with E-state index in [1.54, 1.807) is 0 Å². The lowest BCUT2D eigenvalue weighted by Gasteiger charge is -2.22. The minimum Gasteiger partial charge on any atom is -0.382 e. The molecule has 108 valence electrons. The van der Waals surface area contributed by atoms with Gasteiger partial charge in [-0.15, -0.1) is 0 Å². The van der Waals surface area contributed by atoms with Gasteiger partial charge in [0.25, 0.3) is 0 Å². The van der Waals surface area contributed by atoms with E-state index in [1.807, 2.05) is 6.92 Å². The molecule has 1 saturated heterocycles. The number of ether oxygens (including phenoxy) is 1. The summed E-state index contributed by atoms with van der Waals surface area (Å²) >= 11 is 0. The molecule has 1 heterocycles. The first-order valence-corrected chi connectivity index (χ1v) is 7.41. The van der Waals surface area contributed by atoms with Crippen LogP contribution in [-0.4, -0.2) is 48.6 Å². The number of amides is 2. The fourth-order valence-electron chi connectivity index (χ4n) is 2.95. The number of hydrogen-bond acceptors (Lipinski definition) is 4. The Morgan fingerprint density at radius 3 is 2.74 bits per heavy atom. The van der Waals surface area contributed by atoms with Gasteiger partial charge in [-0.2, -0.15) is 0 Å². The van der Waals surface area contributed by atoms with Gasteiger partial charge in [-0.25, -0.2) is 0 Å². The molecule has 19 heavy (non-hydrogen) atoms. The molecular weight excluding hydrogens is 244 g/mol. The highest BCUT2D eigenvalue weighted by Gasteiger charge is 2.42. The third-order valence-corrected chi connectivity index (χ3v) is 3.93. The predicted octanol–water partition coefficient (Wildman–Crippen LogP) is 1.07. The zero-order valence-electron chi connectivity index (χ0n) is 11.7. The SMILES string of the molecule is CCOCCCNC1CC(=O)N(C2CCCC2)C1=O. The Kier molecular flexibility index (Phi) is 5.34. The van der Waals surface area contributed by atoms with Gasteiger partial charge < -0.3 is 10.1 Å². The zero-order valence-corrected chi connectivity index (χ0v) is 11.7. The lowest BCUT2D eigenvalue weighted by molar-refractivity contribution is -0.141. The Morgan fingerprint density at radius 1 is 1.32 bits per heavy atom. The van der Waals surface area contributed by atoms with E-state index in [4.69, 9.17) is 4.74 Å². The van der Waals surface area contributed by atoms with Crippen molar-refractivity contribution in [1.82, 2.24) is 10.2 Å². The van der Waals surface area contributed by atoms with E-state index in [2.05, 4.69) is 5.32 Å². The van der Waals surface area contributed by atoms with Gasteiger partial charge in [0, 0.05) is 19.3 Å². The Hall–Kier alpha value is -0.940. The van der Waals surface area contributed by atoms with Gasteiger partial charge in [0.2, 0.25) is 11.8 Å². The second-order valence-corrected chi connectivity index (χ2v) is 5.30. The monoisotopic (exact) mass is 268 g/mol. The van der Waals surface area contributed by atoms with E-state index in [-0.39, 0.29) is 23.9 Å². The highest BCUT2D eigenvalue weighted by molar-refractivity contribution is 6.05. The summed E-state index contributed by atoms with van der Waals surface area (Å²) in [5.41, 5.74) is 0. The van der Waals surface area contributed by atoms with Gasteiger partial charge >= 0.3 is 0 Å². The van der Waals surface area contributed by atoms with Gasteiger partial charge in [0.1, 0.15) is 0 Å². The highest BCUT2D eigenvalue weighted by Crippen LogP contribution is 2.28. The molecule has 2 fully saturated rings. The second kappa shape index (κ2) is 7.01. The fraction of sp³-hybridized carbons (Fsp3) is 0.857. The average Bonchev–Trinajstić information content (AvgIpc) is 2.98. The van der Waals surface area contributed by atoms with E-state index >= 15 is 0 Å². The summed E-state index contributed by atoms with van der Waals surface area (Å²) in [4.78, 5) is 25.7. The number of hydrogen-bond donors (Lipinski definition) is 1. The summed E-state index contributed by atoms with van der Waals surface area (Å²) in [5.74, 6) is -0.0208. The minimum absolute atomic E-state index is 0.000733. The van der Waals surface area contributed by atoms with Crippen LogP contribution in [0.4, 0.5) is 0 Å². The summed E-state index contributed by atoms with van der Waals surface area (Å²) in [5, 5.41) is 3.18. The standard InChI is InChI=1S/C14H24N2O3/c1-2-19-9-5-8-15-12-10-13(17)16(14(12)18)11-6-3-4-7-11/h11-12,15H,2-10H2,1H3. The molecule has 1 aliphatic heterocycles. The largest absolute Gasteiger partial charge is 0.382 e. The maximum Gasteiger partial charge on any atom is 0.247 e. The molecule has 1 saturated carbocycles. The summed E-state index contributed by atoms with van der Waals surface area (Å²) in [7, 11) is 0. The molecule has 1 N–H and O–H groups in total. The quantitative estimate of drug-likeness (QED) is 0.554. The predicted molar refractivity (Wildman–Crippen MR) is 71.6 cm³/mol. The smallest absolute Gasteiger partial charge is 0.247 e. The van der Waals surface area contributed by atoms with Crippen LogP contribution in [0.25, 0.3) is 0 Å². The third kappa shape index (κ3) is 3.54. The van der Waals surface area contributed by atoms with Crippen molar-refractivity contribution in [2.45, 2.75) is 57.5 Å². The van der Waals surface area contributed by atoms with E-state index in [1.165, 1.54) is 4.90 Å². The highest BCUT2D eigenvalue weighted by atomic mass is 16.5. The maximum absolute atomic E-state index is 12.2. The number of carbonyl (C=O) groups is 2. The summed E-state index contributed by atoms with van der Waals surface area (Å²) in [6.07, 6.45) is 5.42. The van der Waals surface area contributed by atoms with Crippen LogP contribution >= 0.6 is 0 Å². The van der Waals surface area contributed by atoms with Crippen LogP contribution < -0.4 is 5.32 Å². The molecular formula is C14H24N2O3. The number of carbonyl (C=O) groups excluding carboxylic acids is 2.